The maximum atomic E-state index is 12.2. The van der Waals surface area contributed by atoms with Crippen molar-refractivity contribution in [3.63, 3.8) is 0 Å². The van der Waals surface area contributed by atoms with Gasteiger partial charge in [0.25, 0.3) is 0 Å². The smallest absolute Gasteiger partial charge is 0.335 e. The molecule has 0 aliphatic carbocycles. The molecule has 2 aromatic rings. The van der Waals surface area contributed by atoms with Crippen molar-refractivity contribution in [3.05, 3.63) is 52.2 Å². The van der Waals surface area contributed by atoms with Crippen molar-refractivity contribution in [3.8, 4) is 5.75 Å². The average molecular weight is 361 g/mol. The van der Waals surface area contributed by atoms with Crippen LogP contribution < -0.4 is 10.1 Å². The molecular weight excluding hydrogens is 342 g/mol. The third-order valence-electron chi connectivity index (χ3n) is 3.97. The topological polar surface area (TPSA) is 84.9 Å². The molecule has 0 bridgehead atoms. The summed E-state index contributed by atoms with van der Waals surface area (Å²) in [7, 11) is 0. The van der Waals surface area contributed by atoms with Crippen LogP contribution in [0.15, 0.2) is 41.1 Å². The van der Waals surface area contributed by atoms with E-state index in [4.69, 9.17) is 14.6 Å². The minimum Gasteiger partial charge on any atom is -0.488 e. The molecule has 6 nitrogen and oxygen atoms in total. The number of ether oxygens (including phenoxy) is 2. The second-order valence-corrected chi connectivity index (χ2v) is 6.61. The van der Waals surface area contributed by atoms with Gasteiger partial charge in [0, 0.05) is 6.42 Å². The number of carboxylic acid groups (broad SMARTS) is 1. The van der Waals surface area contributed by atoms with E-state index in [2.05, 4.69) is 5.32 Å². The molecule has 1 saturated heterocycles. The lowest BCUT2D eigenvalue weighted by molar-refractivity contribution is -0.123. The average Bonchev–Trinajstić information content (AvgIpc) is 3.10. The van der Waals surface area contributed by atoms with Crippen molar-refractivity contribution in [1.29, 1.82) is 0 Å². The lowest BCUT2D eigenvalue weighted by atomic mass is 10.1. The molecule has 0 radical (unpaired) electrons. The van der Waals surface area contributed by atoms with Crippen LogP contribution in [0.1, 0.15) is 22.3 Å². The minimum atomic E-state index is -0.976. The van der Waals surface area contributed by atoms with Crippen LogP contribution in [0.2, 0.25) is 0 Å². The predicted octanol–water partition coefficient (Wildman–Crippen LogP) is 2.34. The third kappa shape index (κ3) is 4.80. The number of hydrogen-bond donors (Lipinski definition) is 2. The van der Waals surface area contributed by atoms with Crippen molar-refractivity contribution >= 4 is 23.2 Å². The highest BCUT2D eigenvalue weighted by Gasteiger charge is 2.29. The van der Waals surface area contributed by atoms with Gasteiger partial charge in [-0.2, -0.15) is 11.3 Å². The molecule has 2 atom stereocenters. The van der Waals surface area contributed by atoms with E-state index in [0.29, 0.717) is 31.8 Å². The lowest BCUT2D eigenvalue weighted by Gasteiger charge is -2.32. The van der Waals surface area contributed by atoms with Gasteiger partial charge < -0.3 is 19.9 Å². The van der Waals surface area contributed by atoms with E-state index in [1.54, 1.807) is 23.5 Å². The van der Waals surface area contributed by atoms with Gasteiger partial charge in [0.1, 0.15) is 11.9 Å². The summed E-state index contributed by atoms with van der Waals surface area (Å²) < 4.78 is 11.4. The van der Waals surface area contributed by atoms with E-state index >= 15 is 0 Å². The van der Waals surface area contributed by atoms with E-state index in [-0.39, 0.29) is 23.6 Å². The number of nitrogens with one attached hydrogen (secondary N) is 1. The van der Waals surface area contributed by atoms with E-state index in [0.717, 1.165) is 5.56 Å². The molecule has 0 unspecified atom stereocenters. The van der Waals surface area contributed by atoms with Gasteiger partial charge in [-0.25, -0.2) is 4.79 Å². The normalized spacial score (nSPS) is 20.0. The largest absolute Gasteiger partial charge is 0.488 e. The molecule has 132 valence electrons. The SMILES string of the molecule is O=C(Cc1ccsc1)N[C@@H]1COCC[C@H]1Oc1ccc(C(=O)O)cc1. The zero-order chi connectivity index (χ0) is 17.6. The first-order chi connectivity index (χ1) is 12.1. The fourth-order valence-electron chi connectivity index (χ4n) is 2.68. The summed E-state index contributed by atoms with van der Waals surface area (Å²) in [6, 6.07) is 7.95. The molecule has 7 heteroatoms. The molecular formula is C18H19NO5S. The number of aromatic carboxylic acids is 1. The van der Waals surface area contributed by atoms with Crippen molar-refractivity contribution in [1.82, 2.24) is 5.32 Å². The van der Waals surface area contributed by atoms with Crippen LogP contribution in [-0.4, -0.2) is 42.3 Å². The van der Waals surface area contributed by atoms with E-state index < -0.39 is 5.97 Å². The van der Waals surface area contributed by atoms with Gasteiger partial charge in [-0.15, -0.1) is 0 Å². The predicted molar refractivity (Wildman–Crippen MR) is 93.2 cm³/mol. The number of benzene rings is 1. The molecule has 1 aromatic heterocycles. The summed E-state index contributed by atoms with van der Waals surface area (Å²) in [5, 5.41) is 15.8. The number of rotatable bonds is 6. The Hall–Kier alpha value is -2.38. The first-order valence-electron chi connectivity index (χ1n) is 8.00. The van der Waals surface area contributed by atoms with Gasteiger partial charge in [0.2, 0.25) is 5.91 Å². The molecule has 1 amide bonds. The number of carbonyl (C=O) groups excluding carboxylic acids is 1. The summed E-state index contributed by atoms with van der Waals surface area (Å²) >= 11 is 1.56. The highest BCUT2D eigenvalue weighted by molar-refractivity contribution is 7.08. The Morgan fingerprint density at radius 3 is 2.76 bits per heavy atom. The number of carboxylic acids is 1. The molecule has 1 fully saturated rings. The maximum absolute atomic E-state index is 12.2. The Kier molecular flexibility index (Phi) is 5.67. The quantitative estimate of drug-likeness (QED) is 0.825. The monoisotopic (exact) mass is 361 g/mol. The molecule has 0 saturated carbocycles. The highest BCUT2D eigenvalue weighted by atomic mass is 32.1. The number of thiophene rings is 1. The molecule has 1 aromatic carbocycles. The van der Waals surface area contributed by atoms with E-state index in [1.807, 2.05) is 16.8 Å². The zero-order valence-electron chi connectivity index (χ0n) is 13.5. The van der Waals surface area contributed by atoms with E-state index in [9.17, 15) is 9.59 Å². The summed E-state index contributed by atoms with van der Waals surface area (Å²) in [6.07, 6.45) is 0.778. The van der Waals surface area contributed by atoms with Crippen LogP contribution in [0.5, 0.6) is 5.75 Å². The maximum Gasteiger partial charge on any atom is 0.335 e. The Morgan fingerprint density at radius 1 is 1.28 bits per heavy atom. The van der Waals surface area contributed by atoms with Crippen LogP contribution in [0.25, 0.3) is 0 Å². The van der Waals surface area contributed by atoms with Crippen LogP contribution in [0.3, 0.4) is 0 Å². The molecule has 1 aliphatic rings. The van der Waals surface area contributed by atoms with Gasteiger partial charge in [-0.05, 0) is 46.7 Å². The molecule has 2 heterocycles. The van der Waals surface area contributed by atoms with Crippen LogP contribution in [0.4, 0.5) is 0 Å². The lowest BCUT2D eigenvalue weighted by Crippen LogP contribution is -2.52. The Bertz CT molecular complexity index is 714. The van der Waals surface area contributed by atoms with Crippen molar-refractivity contribution < 1.29 is 24.2 Å². The summed E-state index contributed by atoms with van der Waals surface area (Å²) in [6.45, 7) is 0.960. The van der Waals surface area contributed by atoms with Gasteiger partial charge >= 0.3 is 5.97 Å². The Morgan fingerprint density at radius 2 is 2.08 bits per heavy atom. The fraction of sp³-hybridized carbons (Fsp3) is 0.333. The summed E-state index contributed by atoms with van der Waals surface area (Å²) in [4.78, 5) is 23.1. The molecule has 3 rings (SSSR count). The minimum absolute atomic E-state index is 0.0660. The second kappa shape index (κ2) is 8.13. The van der Waals surface area contributed by atoms with Gasteiger partial charge in [0.15, 0.2) is 0 Å². The number of amides is 1. The summed E-state index contributed by atoms with van der Waals surface area (Å²) in [5.41, 5.74) is 1.20. The fourth-order valence-corrected chi connectivity index (χ4v) is 3.35. The van der Waals surface area contributed by atoms with Gasteiger partial charge in [0.05, 0.1) is 31.2 Å². The van der Waals surface area contributed by atoms with Crippen LogP contribution in [0, 0.1) is 0 Å². The van der Waals surface area contributed by atoms with E-state index in [1.165, 1.54) is 12.1 Å². The second-order valence-electron chi connectivity index (χ2n) is 5.83. The van der Waals surface area contributed by atoms with Gasteiger partial charge in [-0.1, -0.05) is 0 Å². The Balaban J connectivity index is 1.60. The van der Waals surface area contributed by atoms with Gasteiger partial charge in [-0.3, -0.25) is 4.79 Å². The Labute approximate surface area is 149 Å². The van der Waals surface area contributed by atoms with Crippen LogP contribution >= 0.6 is 11.3 Å². The third-order valence-corrected chi connectivity index (χ3v) is 4.70. The number of carbonyl (C=O) groups is 2. The molecule has 0 spiro atoms. The van der Waals surface area contributed by atoms with Crippen LogP contribution in [-0.2, 0) is 16.0 Å². The molecule has 25 heavy (non-hydrogen) atoms. The van der Waals surface area contributed by atoms with Crippen molar-refractivity contribution in [2.75, 3.05) is 13.2 Å². The highest BCUT2D eigenvalue weighted by Crippen LogP contribution is 2.19. The number of hydrogen-bond acceptors (Lipinski definition) is 5. The summed E-state index contributed by atoms with van der Waals surface area (Å²) in [5.74, 6) is -0.464. The first-order valence-corrected chi connectivity index (χ1v) is 8.94. The van der Waals surface area contributed by atoms with Crippen molar-refractivity contribution in [2.24, 2.45) is 0 Å². The molecule has 2 N–H and O–H groups in total. The molecule has 1 aliphatic heterocycles. The standard InChI is InChI=1S/C18H19NO5S/c20-17(9-12-6-8-25-11-12)19-15-10-23-7-5-16(15)24-14-3-1-13(2-4-14)18(21)22/h1-4,6,8,11,15-16H,5,7,9-10H2,(H,19,20)(H,21,22)/t15-,16-/m1/s1. The zero-order valence-corrected chi connectivity index (χ0v) is 14.3. The van der Waals surface area contributed by atoms with Crippen molar-refractivity contribution in [2.45, 2.75) is 25.0 Å². The first kappa shape index (κ1) is 17.4.